The average Bonchev–Trinajstić information content (AvgIpc) is 3.21. The first kappa shape index (κ1) is 15.6. The van der Waals surface area contributed by atoms with Crippen molar-refractivity contribution < 1.29 is 4.79 Å². The maximum atomic E-state index is 12.2. The zero-order valence-corrected chi connectivity index (χ0v) is 14.3. The summed E-state index contributed by atoms with van der Waals surface area (Å²) in [5.41, 5.74) is 1.89. The summed E-state index contributed by atoms with van der Waals surface area (Å²) in [7, 11) is 0. The predicted octanol–water partition coefficient (Wildman–Crippen LogP) is 3.34. The van der Waals surface area contributed by atoms with Crippen LogP contribution in [0, 0.1) is 0 Å². The monoisotopic (exact) mass is 349 g/mol. The molecule has 124 valence electrons. The van der Waals surface area contributed by atoms with Crippen LogP contribution in [0.5, 0.6) is 0 Å². The summed E-state index contributed by atoms with van der Waals surface area (Å²) < 4.78 is 1.78. The molecule has 1 fully saturated rings. The fraction of sp³-hybridized carbons (Fsp3) is 0.111. The van der Waals surface area contributed by atoms with Crippen molar-refractivity contribution in [2.75, 3.05) is 0 Å². The third-order valence-electron chi connectivity index (χ3n) is 3.79. The average molecular weight is 349 g/mol. The van der Waals surface area contributed by atoms with Crippen LogP contribution in [-0.4, -0.2) is 25.8 Å². The van der Waals surface area contributed by atoms with E-state index in [9.17, 15) is 4.79 Å². The Kier molecular flexibility index (Phi) is 4.07. The molecule has 1 saturated heterocycles. The minimum Gasteiger partial charge on any atom is -0.300 e. The molecule has 1 aliphatic rings. The van der Waals surface area contributed by atoms with E-state index in [-0.39, 0.29) is 5.91 Å². The Labute approximate surface area is 148 Å². The molecule has 0 spiro atoms. The Morgan fingerprint density at radius 1 is 1.28 bits per heavy atom. The number of amidine groups is 1. The van der Waals surface area contributed by atoms with E-state index in [1.165, 1.54) is 11.8 Å². The highest BCUT2D eigenvalue weighted by Gasteiger charge is 2.24. The molecule has 0 unspecified atom stereocenters. The zero-order valence-electron chi connectivity index (χ0n) is 13.5. The van der Waals surface area contributed by atoms with Crippen LogP contribution in [0.25, 0.3) is 17.0 Å². The van der Waals surface area contributed by atoms with Crippen LogP contribution in [0.2, 0.25) is 0 Å². The SMILES string of the molecule is CCn1nccc1N=C1NC(=O)/C(=C/c2ccc3ncccc3c2)S1. The summed E-state index contributed by atoms with van der Waals surface area (Å²) in [6.07, 6.45) is 5.33. The van der Waals surface area contributed by atoms with Crippen LogP contribution in [0.15, 0.2) is 58.7 Å². The fourth-order valence-corrected chi connectivity index (χ4v) is 3.41. The summed E-state index contributed by atoms with van der Waals surface area (Å²) in [4.78, 5) is 21.6. The standard InChI is InChI=1S/C18H15N5OS/c1-2-23-16(7-9-20-23)21-18-22-17(24)15(25-18)11-12-5-6-14-13(10-12)4-3-8-19-14/h3-11H,2H2,1H3,(H,21,22,24)/b15-11-. The second-order valence-corrected chi connectivity index (χ2v) is 6.47. The summed E-state index contributed by atoms with van der Waals surface area (Å²) in [6.45, 7) is 2.72. The van der Waals surface area contributed by atoms with Crippen molar-refractivity contribution in [3.63, 3.8) is 0 Å². The number of carbonyl (C=O) groups excluding carboxylic acids is 1. The van der Waals surface area contributed by atoms with Crippen LogP contribution in [0.3, 0.4) is 0 Å². The lowest BCUT2D eigenvalue weighted by Gasteiger charge is -1.99. The Bertz CT molecular complexity index is 1020. The second-order valence-electron chi connectivity index (χ2n) is 5.44. The summed E-state index contributed by atoms with van der Waals surface area (Å²) >= 11 is 1.33. The first-order valence-corrected chi connectivity index (χ1v) is 8.71. The van der Waals surface area contributed by atoms with E-state index in [0.717, 1.165) is 28.8 Å². The molecule has 7 heteroatoms. The van der Waals surface area contributed by atoms with Gasteiger partial charge in [0, 0.05) is 24.2 Å². The molecule has 3 heterocycles. The zero-order chi connectivity index (χ0) is 17.2. The Balaban J connectivity index is 1.62. The van der Waals surface area contributed by atoms with Gasteiger partial charge in [0.1, 0.15) is 0 Å². The van der Waals surface area contributed by atoms with E-state index in [2.05, 4.69) is 20.4 Å². The van der Waals surface area contributed by atoms with Gasteiger partial charge in [-0.2, -0.15) is 5.10 Å². The van der Waals surface area contributed by atoms with Crippen molar-refractivity contribution in [2.24, 2.45) is 4.99 Å². The number of thioether (sulfide) groups is 1. The molecule has 1 N–H and O–H groups in total. The quantitative estimate of drug-likeness (QED) is 0.736. The highest BCUT2D eigenvalue weighted by molar-refractivity contribution is 8.18. The highest BCUT2D eigenvalue weighted by atomic mass is 32.2. The van der Waals surface area contributed by atoms with Crippen LogP contribution in [0.1, 0.15) is 12.5 Å². The van der Waals surface area contributed by atoms with Gasteiger partial charge in [-0.25, -0.2) is 9.67 Å². The lowest BCUT2D eigenvalue weighted by molar-refractivity contribution is -0.115. The number of rotatable bonds is 3. The Morgan fingerprint density at radius 3 is 3.08 bits per heavy atom. The number of amides is 1. The number of aromatic nitrogens is 3. The molecule has 2 aromatic heterocycles. The van der Waals surface area contributed by atoms with Gasteiger partial charge in [-0.05, 0) is 48.5 Å². The number of nitrogens with zero attached hydrogens (tertiary/aromatic N) is 4. The number of fused-ring (bicyclic) bond motifs is 1. The van der Waals surface area contributed by atoms with E-state index in [0.29, 0.717) is 10.1 Å². The molecular weight excluding hydrogens is 334 g/mol. The van der Waals surface area contributed by atoms with Crippen molar-refractivity contribution in [1.82, 2.24) is 20.1 Å². The van der Waals surface area contributed by atoms with Crippen LogP contribution >= 0.6 is 11.8 Å². The molecule has 1 amide bonds. The molecule has 0 bridgehead atoms. The van der Waals surface area contributed by atoms with Crippen molar-refractivity contribution in [3.05, 3.63) is 59.3 Å². The Hall–Kier alpha value is -2.93. The number of hydrogen-bond donors (Lipinski definition) is 1. The molecule has 25 heavy (non-hydrogen) atoms. The van der Waals surface area contributed by atoms with Crippen LogP contribution in [0.4, 0.5) is 5.82 Å². The predicted molar refractivity (Wildman–Crippen MR) is 100 cm³/mol. The van der Waals surface area contributed by atoms with Gasteiger partial charge in [-0.3, -0.25) is 9.78 Å². The number of aryl methyl sites for hydroxylation is 1. The van der Waals surface area contributed by atoms with Gasteiger partial charge in [-0.15, -0.1) is 0 Å². The maximum Gasteiger partial charge on any atom is 0.264 e. The smallest absolute Gasteiger partial charge is 0.264 e. The summed E-state index contributed by atoms with van der Waals surface area (Å²) in [5.74, 6) is 0.584. The number of benzene rings is 1. The molecule has 4 rings (SSSR count). The van der Waals surface area contributed by atoms with Gasteiger partial charge >= 0.3 is 0 Å². The minimum absolute atomic E-state index is 0.141. The molecule has 3 aromatic rings. The highest BCUT2D eigenvalue weighted by Crippen LogP contribution is 2.28. The van der Waals surface area contributed by atoms with Crippen LogP contribution < -0.4 is 5.32 Å². The molecule has 0 aliphatic carbocycles. The normalized spacial score (nSPS) is 17.6. The Morgan fingerprint density at radius 2 is 2.20 bits per heavy atom. The topological polar surface area (TPSA) is 72.2 Å². The van der Waals surface area contributed by atoms with Gasteiger partial charge in [0.15, 0.2) is 11.0 Å². The van der Waals surface area contributed by atoms with E-state index in [1.54, 1.807) is 17.1 Å². The lowest BCUT2D eigenvalue weighted by Crippen LogP contribution is -2.19. The third kappa shape index (κ3) is 3.18. The number of hydrogen-bond acceptors (Lipinski definition) is 5. The summed E-state index contributed by atoms with van der Waals surface area (Å²) in [6, 6.07) is 11.7. The van der Waals surface area contributed by atoms with Gasteiger partial charge in [0.25, 0.3) is 5.91 Å². The van der Waals surface area contributed by atoms with E-state index in [4.69, 9.17) is 0 Å². The summed E-state index contributed by atoms with van der Waals surface area (Å²) in [5, 5.41) is 8.59. The first-order valence-electron chi connectivity index (χ1n) is 7.89. The van der Waals surface area contributed by atoms with Crippen molar-refractivity contribution in [2.45, 2.75) is 13.5 Å². The molecule has 0 atom stereocenters. The van der Waals surface area contributed by atoms with Crippen molar-refractivity contribution >= 4 is 45.6 Å². The molecule has 0 saturated carbocycles. The largest absolute Gasteiger partial charge is 0.300 e. The first-order chi connectivity index (χ1) is 12.2. The molecule has 6 nitrogen and oxygen atoms in total. The van der Waals surface area contributed by atoms with Crippen LogP contribution in [-0.2, 0) is 11.3 Å². The van der Waals surface area contributed by atoms with Crippen molar-refractivity contribution in [3.8, 4) is 0 Å². The molecule has 1 aliphatic heterocycles. The number of aliphatic imine (C=N–C) groups is 1. The third-order valence-corrected chi connectivity index (χ3v) is 4.70. The minimum atomic E-state index is -0.141. The van der Waals surface area contributed by atoms with Gasteiger partial charge in [0.2, 0.25) is 0 Å². The molecular formula is C18H15N5OS. The number of nitrogens with one attached hydrogen (secondary N) is 1. The fourth-order valence-electron chi connectivity index (χ4n) is 2.58. The molecule has 1 aromatic carbocycles. The molecule has 0 radical (unpaired) electrons. The van der Waals surface area contributed by atoms with E-state index >= 15 is 0 Å². The maximum absolute atomic E-state index is 12.2. The van der Waals surface area contributed by atoms with Crippen molar-refractivity contribution in [1.29, 1.82) is 0 Å². The van der Waals surface area contributed by atoms with Gasteiger partial charge in [0.05, 0.1) is 16.6 Å². The van der Waals surface area contributed by atoms with Gasteiger partial charge < -0.3 is 5.32 Å². The number of pyridine rings is 1. The van der Waals surface area contributed by atoms with E-state index in [1.807, 2.05) is 49.4 Å². The number of carbonyl (C=O) groups is 1. The lowest BCUT2D eigenvalue weighted by atomic mass is 10.1. The second kappa shape index (κ2) is 6.52. The van der Waals surface area contributed by atoms with Gasteiger partial charge in [-0.1, -0.05) is 12.1 Å². The van der Waals surface area contributed by atoms with E-state index < -0.39 is 0 Å².